The Hall–Kier alpha value is -0.530. The van der Waals surface area contributed by atoms with Crippen molar-refractivity contribution in [2.45, 2.75) is 53.9 Å². The first-order chi connectivity index (χ1) is 6.37. The van der Waals surface area contributed by atoms with E-state index in [0.717, 1.165) is 6.42 Å². The first kappa shape index (κ1) is 13.5. The van der Waals surface area contributed by atoms with E-state index in [1.165, 1.54) is 6.42 Å². The molecule has 0 aliphatic carbocycles. The van der Waals surface area contributed by atoms with Crippen molar-refractivity contribution in [1.82, 2.24) is 0 Å². The molecule has 0 amide bonds. The monoisotopic (exact) mass is 200 g/mol. The van der Waals surface area contributed by atoms with Crippen LogP contribution in [0, 0.1) is 11.3 Å². The maximum atomic E-state index is 11.3. The fourth-order valence-electron chi connectivity index (χ4n) is 1.37. The van der Waals surface area contributed by atoms with Gasteiger partial charge in [0.15, 0.2) is 0 Å². The van der Waals surface area contributed by atoms with Gasteiger partial charge in [-0.2, -0.15) is 0 Å². The van der Waals surface area contributed by atoms with E-state index in [1.54, 1.807) is 0 Å². The lowest BCUT2D eigenvalue weighted by molar-refractivity contribution is -0.145. The second kappa shape index (κ2) is 6.05. The van der Waals surface area contributed by atoms with Crippen LogP contribution in [0.1, 0.15) is 53.9 Å². The van der Waals surface area contributed by atoms with Crippen LogP contribution < -0.4 is 0 Å². The first-order valence-corrected chi connectivity index (χ1v) is 5.53. The zero-order valence-corrected chi connectivity index (χ0v) is 10.2. The minimum atomic E-state index is -0.0683. The molecule has 0 heterocycles. The van der Waals surface area contributed by atoms with Crippen LogP contribution in [0.5, 0.6) is 0 Å². The van der Waals surface area contributed by atoms with Crippen molar-refractivity contribution in [1.29, 1.82) is 0 Å². The Morgan fingerprint density at radius 3 is 2.36 bits per heavy atom. The largest absolute Gasteiger partial charge is 0.466 e. The highest BCUT2D eigenvalue weighted by Crippen LogP contribution is 2.28. The first-order valence-electron chi connectivity index (χ1n) is 5.53. The van der Waals surface area contributed by atoms with Gasteiger partial charge < -0.3 is 4.74 Å². The van der Waals surface area contributed by atoms with Gasteiger partial charge >= 0.3 is 5.97 Å². The summed E-state index contributed by atoms with van der Waals surface area (Å²) in [6, 6.07) is 0. The summed E-state index contributed by atoms with van der Waals surface area (Å²) in [4.78, 5) is 11.3. The van der Waals surface area contributed by atoms with E-state index in [1.807, 2.05) is 6.92 Å². The van der Waals surface area contributed by atoms with Gasteiger partial charge in [0.1, 0.15) is 0 Å². The highest BCUT2D eigenvalue weighted by Gasteiger charge is 2.22. The van der Waals surface area contributed by atoms with E-state index >= 15 is 0 Å². The molecule has 0 aromatic heterocycles. The predicted molar refractivity (Wildman–Crippen MR) is 59.1 cm³/mol. The number of carbonyl (C=O) groups is 1. The van der Waals surface area contributed by atoms with Crippen molar-refractivity contribution in [3.8, 4) is 0 Å². The molecular formula is C12H24O2. The molecule has 0 aromatic carbocycles. The van der Waals surface area contributed by atoms with Crippen LogP contribution in [-0.2, 0) is 9.53 Å². The average molecular weight is 200 g/mol. The molecule has 84 valence electrons. The van der Waals surface area contributed by atoms with Crippen LogP contribution in [0.25, 0.3) is 0 Å². The molecule has 14 heavy (non-hydrogen) atoms. The molecule has 0 atom stereocenters. The molecule has 0 aliphatic rings. The van der Waals surface area contributed by atoms with Crippen LogP contribution in [0.4, 0.5) is 0 Å². The summed E-state index contributed by atoms with van der Waals surface area (Å²) in [6.07, 6.45) is 2.80. The normalized spacial score (nSPS) is 11.9. The fourth-order valence-corrected chi connectivity index (χ4v) is 1.37. The van der Waals surface area contributed by atoms with Crippen molar-refractivity contribution in [2.24, 2.45) is 11.3 Å². The lowest BCUT2D eigenvalue weighted by Crippen LogP contribution is -2.19. The maximum Gasteiger partial charge on any atom is 0.306 e. The third kappa shape index (κ3) is 6.93. The fraction of sp³-hybridized carbons (Fsp3) is 0.917. The smallest absolute Gasteiger partial charge is 0.306 e. The molecule has 2 nitrogen and oxygen atoms in total. The Morgan fingerprint density at radius 1 is 1.36 bits per heavy atom. The summed E-state index contributed by atoms with van der Waals surface area (Å²) < 4.78 is 4.95. The van der Waals surface area contributed by atoms with E-state index in [2.05, 4.69) is 27.7 Å². The molecule has 2 heteroatoms. The molecule has 0 fully saturated rings. The molecule has 0 saturated carbocycles. The third-order valence-electron chi connectivity index (χ3n) is 2.33. The van der Waals surface area contributed by atoms with E-state index in [-0.39, 0.29) is 11.4 Å². The van der Waals surface area contributed by atoms with Gasteiger partial charge in [-0.3, -0.25) is 4.79 Å². The quantitative estimate of drug-likeness (QED) is 0.614. The van der Waals surface area contributed by atoms with E-state index in [0.29, 0.717) is 18.9 Å². The van der Waals surface area contributed by atoms with Gasteiger partial charge in [-0.15, -0.1) is 0 Å². The maximum absolute atomic E-state index is 11.3. The molecular weight excluding hydrogens is 176 g/mol. The van der Waals surface area contributed by atoms with Crippen LogP contribution in [0.2, 0.25) is 0 Å². The molecule has 0 rings (SSSR count). The lowest BCUT2D eigenvalue weighted by atomic mass is 9.82. The molecule has 0 bridgehead atoms. The standard InChI is InChI=1S/C12H24O2/c1-6-14-11(13)9-12(4,5)8-7-10(2)3/h10H,6-9H2,1-5H3. The molecule has 0 saturated heterocycles. The van der Waals surface area contributed by atoms with Crippen LogP contribution in [0.3, 0.4) is 0 Å². The summed E-state index contributed by atoms with van der Waals surface area (Å²) in [6.45, 7) is 11.0. The lowest BCUT2D eigenvalue weighted by Gasteiger charge is -2.24. The molecule has 0 spiro atoms. The molecule has 0 radical (unpaired) electrons. The number of hydrogen-bond acceptors (Lipinski definition) is 2. The SMILES string of the molecule is CCOC(=O)CC(C)(C)CCC(C)C. The number of ether oxygens (including phenoxy) is 1. The van der Waals surface area contributed by atoms with E-state index in [9.17, 15) is 4.79 Å². The number of hydrogen-bond donors (Lipinski definition) is 0. The topological polar surface area (TPSA) is 26.3 Å². The zero-order chi connectivity index (χ0) is 11.2. The van der Waals surface area contributed by atoms with Gasteiger partial charge in [-0.25, -0.2) is 0 Å². The minimum Gasteiger partial charge on any atom is -0.466 e. The molecule has 0 aromatic rings. The Balaban J connectivity index is 3.87. The minimum absolute atomic E-state index is 0.0683. The summed E-state index contributed by atoms with van der Waals surface area (Å²) >= 11 is 0. The second-order valence-electron chi connectivity index (χ2n) is 5.08. The zero-order valence-electron chi connectivity index (χ0n) is 10.2. The van der Waals surface area contributed by atoms with Crippen LogP contribution in [-0.4, -0.2) is 12.6 Å². The van der Waals surface area contributed by atoms with Crippen LogP contribution in [0.15, 0.2) is 0 Å². The van der Waals surface area contributed by atoms with E-state index in [4.69, 9.17) is 4.74 Å². The number of carbonyl (C=O) groups excluding carboxylic acids is 1. The van der Waals surface area contributed by atoms with Gasteiger partial charge in [-0.1, -0.05) is 34.1 Å². The summed E-state index contributed by atoms with van der Waals surface area (Å²) in [5.74, 6) is 0.637. The molecule has 0 N–H and O–H groups in total. The van der Waals surface area contributed by atoms with Gasteiger partial charge in [0.2, 0.25) is 0 Å². The van der Waals surface area contributed by atoms with Crippen molar-refractivity contribution >= 4 is 5.97 Å². The van der Waals surface area contributed by atoms with Crippen molar-refractivity contribution in [3.63, 3.8) is 0 Å². The summed E-state index contributed by atoms with van der Waals surface area (Å²) in [7, 11) is 0. The third-order valence-corrected chi connectivity index (χ3v) is 2.33. The summed E-state index contributed by atoms with van der Waals surface area (Å²) in [5.41, 5.74) is 0.0799. The molecule has 0 unspecified atom stereocenters. The van der Waals surface area contributed by atoms with Gasteiger partial charge in [0.25, 0.3) is 0 Å². The number of esters is 1. The predicted octanol–water partition coefficient (Wildman–Crippen LogP) is 3.40. The van der Waals surface area contributed by atoms with E-state index < -0.39 is 0 Å². The number of rotatable bonds is 6. The van der Waals surface area contributed by atoms with Crippen molar-refractivity contribution < 1.29 is 9.53 Å². The van der Waals surface area contributed by atoms with Crippen LogP contribution >= 0.6 is 0 Å². The Kier molecular flexibility index (Phi) is 5.82. The second-order valence-corrected chi connectivity index (χ2v) is 5.08. The highest BCUT2D eigenvalue weighted by atomic mass is 16.5. The molecule has 0 aliphatic heterocycles. The van der Waals surface area contributed by atoms with Gasteiger partial charge in [0.05, 0.1) is 13.0 Å². The van der Waals surface area contributed by atoms with Crippen molar-refractivity contribution in [3.05, 3.63) is 0 Å². The summed E-state index contributed by atoms with van der Waals surface area (Å²) in [5, 5.41) is 0. The average Bonchev–Trinajstić information content (AvgIpc) is 2.00. The highest BCUT2D eigenvalue weighted by molar-refractivity contribution is 5.70. The Morgan fingerprint density at radius 2 is 1.93 bits per heavy atom. The van der Waals surface area contributed by atoms with Gasteiger partial charge in [0, 0.05) is 0 Å². The van der Waals surface area contributed by atoms with Crippen molar-refractivity contribution in [2.75, 3.05) is 6.61 Å². The Bertz CT molecular complexity index is 171. The Labute approximate surface area is 88.0 Å². The van der Waals surface area contributed by atoms with Gasteiger partial charge in [-0.05, 0) is 24.7 Å².